The van der Waals surface area contributed by atoms with E-state index in [1.54, 1.807) is 6.92 Å². The van der Waals surface area contributed by atoms with E-state index in [2.05, 4.69) is 10.3 Å². The van der Waals surface area contributed by atoms with Crippen LogP contribution in [0.15, 0.2) is 24.3 Å². The van der Waals surface area contributed by atoms with E-state index in [4.69, 9.17) is 5.26 Å². The van der Waals surface area contributed by atoms with Gasteiger partial charge in [-0.2, -0.15) is 5.26 Å². The Balaban J connectivity index is 2.48. The van der Waals surface area contributed by atoms with Crippen molar-refractivity contribution in [1.29, 1.82) is 5.26 Å². The van der Waals surface area contributed by atoms with E-state index in [1.165, 1.54) is 0 Å². The zero-order valence-corrected chi connectivity index (χ0v) is 10.3. The summed E-state index contributed by atoms with van der Waals surface area (Å²) in [6.45, 7) is 3.79. The molecular formula is C14H13N3O. The van der Waals surface area contributed by atoms with Gasteiger partial charge in [-0.25, -0.2) is 0 Å². The normalized spacial score (nSPS) is 10.1. The monoisotopic (exact) mass is 239 g/mol. The first kappa shape index (κ1) is 12.1. The van der Waals surface area contributed by atoms with Gasteiger partial charge in [-0.15, -0.1) is 0 Å². The third-order valence-corrected chi connectivity index (χ3v) is 2.73. The summed E-state index contributed by atoms with van der Waals surface area (Å²) < 4.78 is 0. The number of amides is 1. The van der Waals surface area contributed by atoms with Gasteiger partial charge < -0.3 is 5.32 Å². The topological polar surface area (TPSA) is 65.8 Å². The number of carbonyl (C=O) groups is 1. The van der Waals surface area contributed by atoms with Crippen molar-refractivity contribution in [3.63, 3.8) is 0 Å². The lowest BCUT2D eigenvalue weighted by Gasteiger charge is -2.07. The van der Waals surface area contributed by atoms with Crippen molar-refractivity contribution in [2.24, 2.45) is 0 Å². The van der Waals surface area contributed by atoms with Crippen LogP contribution in [0, 0.1) is 25.2 Å². The Labute approximate surface area is 105 Å². The Bertz CT molecular complexity index is 656. The van der Waals surface area contributed by atoms with E-state index in [9.17, 15) is 4.79 Å². The maximum absolute atomic E-state index is 11.9. The molecule has 0 fully saturated rings. The highest BCUT2D eigenvalue weighted by atomic mass is 16.1. The molecule has 0 unspecified atom stereocenters. The summed E-state index contributed by atoms with van der Waals surface area (Å²) in [5.74, 6) is -0.259. The smallest absolute Gasteiger partial charge is 0.253 e. The van der Waals surface area contributed by atoms with Crippen LogP contribution in [0.4, 0.5) is 0 Å². The molecule has 18 heavy (non-hydrogen) atoms. The molecule has 1 N–H and O–H groups in total. The zero-order valence-electron chi connectivity index (χ0n) is 10.3. The molecule has 0 bridgehead atoms. The predicted molar refractivity (Wildman–Crippen MR) is 69.2 cm³/mol. The minimum atomic E-state index is -0.259. The molecular weight excluding hydrogens is 226 g/mol. The molecule has 4 nitrogen and oxygen atoms in total. The Kier molecular flexibility index (Phi) is 3.24. The Morgan fingerprint density at radius 1 is 1.39 bits per heavy atom. The van der Waals surface area contributed by atoms with Crippen LogP contribution in [0.2, 0.25) is 0 Å². The molecule has 0 spiro atoms. The van der Waals surface area contributed by atoms with Crippen molar-refractivity contribution >= 4 is 16.8 Å². The molecule has 2 rings (SSSR count). The van der Waals surface area contributed by atoms with Gasteiger partial charge >= 0.3 is 0 Å². The molecule has 2 aromatic rings. The highest BCUT2D eigenvalue weighted by molar-refractivity contribution is 5.98. The first-order valence-electron chi connectivity index (χ1n) is 5.65. The van der Waals surface area contributed by atoms with Crippen LogP contribution in [0.25, 0.3) is 10.9 Å². The molecule has 1 heterocycles. The van der Waals surface area contributed by atoms with Crippen LogP contribution in [-0.4, -0.2) is 17.4 Å². The summed E-state index contributed by atoms with van der Waals surface area (Å²) in [5.41, 5.74) is 3.18. The second kappa shape index (κ2) is 4.84. The number of nitriles is 1. The molecule has 0 saturated heterocycles. The minimum absolute atomic E-state index is 0.00410. The van der Waals surface area contributed by atoms with Crippen LogP contribution in [0.5, 0.6) is 0 Å². The van der Waals surface area contributed by atoms with E-state index < -0.39 is 0 Å². The van der Waals surface area contributed by atoms with Gasteiger partial charge in [0.15, 0.2) is 0 Å². The van der Waals surface area contributed by atoms with Crippen molar-refractivity contribution in [1.82, 2.24) is 10.3 Å². The first-order chi connectivity index (χ1) is 8.61. The molecule has 90 valence electrons. The number of hydrogen-bond donors (Lipinski definition) is 1. The van der Waals surface area contributed by atoms with Gasteiger partial charge in [-0.3, -0.25) is 9.78 Å². The summed E-state index contributed by atoms with van der Waals surface area (Å²) in [7, 11) is 0. The first-order valence-corrected chi connectivity index (χ1v) is 5.65. The lowest BCUT2D eigenvalue weighted by molar-refractivity contribution is 0.0957. The summed E-state index contributed by atoms with van der Waals surface area (Å²) in [4.78, 5) is 16.3. The number of rotatable bonds is 2. The number of aryl methyl sites for hydroxylation is 2. The van der Waals surface area contributed by atoms with Crippen LogP contribution in [0.3, 0.4) is 0 Å². The number of pyridine rings is 1. The maximum Gasteiger partial charge on any atom is 0.253 e. The second-order valence-corrected chi connectivity index (χ2v) is 4.16. The fourth-order valence-corrected chi connectivity index (χ4v) is 1.84. The SMILES string of the molecule is Cc1ccc2nc(C)c(C(=O)NCC#N)cc2c1. The van der Waals surface area contributed by atoms with Crippen LogP contribution < -0.4 is 5.32 Å². The van der Waals surface area contributed by atoms with Gasteiger partial charge in [-0.05, 0) is 32.0 Å². The van der Waals surface area contributed by atoms with Crippen molar-refractivity contribution in [3.8, 4) is 6.07 Å². The number of nitrogens with zero attached hydrogens (tertiary/aromatic N) is 2. The van der Waals surface area contributed by atoms with Gasteiger partial charge in [0.05, 0.1) is 22.8 Å². The van der Waals surface area contributed by atoms with E-state index >= 15 is 0 Å². The van der Waals surface area contributed by atoms with Crippen LogP contribution >= 0.6 is 0 Å². The molecule has 0 aliphatic rings. The van der Waals surface area contributed by atoms with Gasteiger partial charge in [0.25, 0.3) is 5.91 Å². The molecule has 4 heteroatoms. The van der Waals surface area contributed by atoms with Gasteiger partial charge in [0, 0.05) is 5.39 Å². The summed E-state index contributed by atoms with van der Waals surface area (Å²) >= 11 is 0. The number of nitrogens with one attached hydrogen (secondary N) is 1. The second-order valence-electron chi connectivity index (χ2n) is 4.16. The third kappa shape index (κ3) is 2.30. The van der Waals surface area contributed by atoms with Gasteiger partial charge in [0.2, 0.25) is 0 Å². The molecule has 1 aromatic heterocycles. The molecule has 0 aliphatic heterocycles. The number of hydrogen-bond acceptors (Lipinski definition) is 3. The summed E-state index contributed by atoms with van der Waals surface area (Å²) in [5, 5.41) is 11.9. The molecule has 1 aromatic carbocycles. The summed E-state index contributed by atoms with van der Waals surface area (Å²) in [6, 6.07) is 9.62. The lowest BCUT2D eigenvalue weighted by Crippen LogP contribution is -2.24. The average molecular weight is 239 g/mol. The Hall–Kier alpha value is -2.41. The minimum Gasteiger partial charge on any atom is -0.339 e. The quantitative estimate of drug-likeness (QED) is 0.816. The Morgan fingerprint density at radius 3 is 2.89 bits per heavy atom. The van der Waals surface area contributed by atoms with Crippen molar-refractivity contribution in [2.75, 3.05) is 6.54 Å². The van der Waals surface area contributed by atoms with Crippen molar-refractivity contribution in [3.05, 3.63) is 41.1 Å². The van der Waals surface area contributed by atoms with E-state index in [0.29, 0.717) is 11.3 Å². The summed E-state index contributed by atoms with van der Waals surface area (Å²) in [6.07, 6.45) is 0. The van der Waals surface area contributed by atoms with Crippen molar-refractivity contribution in [2.45, 2.75) is 13.8 Å². The molecule has 0 aliphatic carbocycles. The third-order valence-electron chi connectivity index (χ3n) is 2.73. The van der Waals surface area contributed by atoms with Crippen molar-refractivity contribution < 1.29 is 4.79 Å². The fraction of sp³-hybridized carbons (Fsp3) is 0.214. The average Bonchev–Trinajstić information content (AvgIpc) is 2.35. The molecule has 1 amide bonds. The number of fused-ring (bicyclic) bond motifs is 1. The van der Waals surface area contributed by atoms with Gasteiger partial charge in [-0.1, -0.05) is 11.6 Å². The van der Waals surface area contributed by atoms with Crippen LogP contribution in [-0.2, 0) is 0 Å². The number of aromatic nitrogens is 1. The molecule has 0 atom stereocenters. The van der Waals surface area contributed by atoms with E-state index in [0.717, 1.165) is 16.5 Å². The molecule has 0 radical (unpaired) electrons. The zero-order chi connectivity index (χ0) is 13.1. The Morgan fingerprint density at radius 2 is 2.17 bits per heavy atom. The predicted octanol–water partition coefficient (Wildman–Crippen LogP) is 2.11. The fourth-order valence-electron chi connectivity index (χ4n) is 1.84. The number of carbonyl (C=O) groups excluding carboxylic acids is 1. The van der Waals surface area contributed by atoms with Crippen LogP contribution in [0.1, 0.15) is 21.6 Å². The van der Waals surface area contributed by atoms with E-state index in [-0.39, 0.29) is 12.5 Å². The highest BCUT2D eigenvalue weighted by Gasteiger charge is 2.10. The highest BCUT2D eigenvalue weighted by Crippen LogP contribution is 2.17. The van der Waals surface area contributed by atoms with Gasteiger partial charge in [0.1, 0.15) is 6.54 Å². The largest absolute Gasteiger partial charge is 0.339 e. The standard InChI is InChI=1S/C14H13N3O/c1-9-3-4-13-11(7-9)8-12(10(2)17-13)14(18)16-6-5-15/h3-4,7-8H,6H2,1-2H3,(H,16,18). The molecule has 0 saturated carbocycles. The van der Waals surface area contributed by atoms with E-state index in [1.807, 2.05) is 37.3 Å². The maximum atomic E-state index is 11.9. The number of benzene rings is 1. The lowest BCUT2D eigenvalue weighted by atomic mass is 10.1.